The number of aromatic nitrogens is 5. The van der Waals surface area contributed by atoms with E-state index in [1.807, 2.05) is 13.0 Å². The fourth-order valence-corrected chi connectivity index (χ4v) is 6.38. The van der Waals surface area contributed by atoms with Gasteiger partial charge in [0, 0.05) is 45.4 Å². The second kappa shape index (κ2) is 11.7. The van der Waals surface area contributed by atoms with Crippen molar-refractivity contribution in [1.29, 1.82) is 0 Å². The van der Waals surface area contributed by atoms with Crippen LogP contribution in [0.2, 0.25) is 0 Å². The highest BCUT2D eigenvalue weighted by Crippen LogP contribution is 2.45. The minimum absolute atomic E-state index is 0.0247. The Kier molecular flexibility index (Phi) is 7.85. The molecule has 234 valence electrons. The number of rotatable bonds is 7. The lowest BCUT2D eigenvalue weighted by atomic mass is 10.1. The Labute approximate surface area is 262 Å². The number of nitrogens with one attached hydrogen (secondary N) is 3. The van der Waals surface area contributed by atoms with Gasteiger partial charge in [-0.1, -0.05) is 13.8 Å². The van der Waals surface area contributed by atoms with Crippen LogP contribution in [0.1, 0.15) is 92.2 Å². The lowest BCUT2D eigenvalue weighted by Crippen LogP contribution is -2.36. The molecule has 1 aliphatic heterocycles. The fraction of sp³-hybridized carbons (Fsp3) is 0.419. The van der Waals surface area contributed by atoms with E-state index in [9.17, 15) is 19.2 Å². The second-order valence-corrected chi connectivity index (χ2v) is 13.8. The van der Waals surface area contributed by atoms with Crippen LogP contribution in [-0.4, -0.2) is 48.0 Å². The third-order valence-electron chi connectivity index (χ3n) is 7.80. The number of pyridine rings is 1. The van der Waals surface area contributed by atoms with Crippen LogP contribution in [0.5, 0.6) is 0 Å². The molecule has 1 aliphatic carbocycles. The SMILES string of the molecule is CC1CC1c1ncc(C(=O)Nc2cnc3n(c2=O)[C@H](C(=O)NCc2cc4cnc(NC(=O)OC(C)(C)C)cc4s2)C[C@H]3C)cn1. The third-order valence-corrected chi connectivity index (χ3v) is 8.89. The van der Waals surface area contributed by atoms with E-state index in [0.29, 0.717) is 35.7 Å². The summed E-state index contributed by atoms with van der Waals surface area (Å²) < 4.78 is 7.53. The molecule has 4 aromatic rings. The standard InChI is InChI=1S/C31H34N8O5S/c1-15-6-20(15)25-33-11-18(12-34-25)27(40)37-21-14-35-26-16(2)7-22(39(26)29(21)42)28(41)36-13-19-8-17-10-32-24(9-23(17)45-19)38-30(43)44-31(3,4)5/h8-12,14-16,20,22H,6-7,13H2,1-5H3,(H,36,41)(H,37,40)(H,32,38,43)/t15?,16-,20?,22+/m1/s1. The summed E-state index contributed by atoms with van der Waals surface area (Å²) in [6.45, 7) is 9.62. The summed E-state index contributed by atoms with van der Waals surface area (Å²) in [4.78, 5) is 70.1. The summed E-state index contributed by atoms with van der Waals surface area (Å²) in [7, 11) is 0. The van der Waals surface area contributed by atoms with Gasteiger partial charge in [0.1, 0.15) is 34.8 Å². The zero-order valence-corrected chi connectivity index (χ0v) is 26.4. The summed E-state index contributed by atoms with van der Waals surface area (Å²) in [5, 5.41) is 9.06. The van der Waals surface area contributed by atoms with E-state index in [1.54, 1.807) is 33.0 Å². The van der Waals surface area contributed by atoms with Crippen molar-refractivity contribution in [3.63, 3.8) is 0 Å². The minimum Gasteiger partial charge on any atom is -0.444 e. The molecule has 0 saturated heterocycles. The average Bonchev–Trinajstić information content (AvgIpc) is 3.41. The fourth-order valence-electron chi connectivity index (χ4n) is 5.37. The Balaban J connectivity index is 1.12. The molecule has 0 spiro atoms. The molecule has 2 unspecified atom stereocenters. The van der Waals surface area contributed by atoms with Crippen molar-refractivity contribution in [3.8, 4) is 0 Å². The smallest absolute Gasteiger partial charge is 0.413 e. The minimum atomic E-state index is -0.782. The van der Waals surface area contributed by atoms with Gasteiger partial charge in [-0.2, -0.15) is 0 Å². The number of carbonyl (C=O) groups excluding carboxylic acids is 3. The molecular weight excluding hydrogens is 596 g/mol. The van der Waals surface area contributed by atoms with Gasteiger partial charge in [0.25, 0.3) is 11.5 Å². The van der Waals surface area contributed by atoms with Crippen LogP contribution < -0.4 is 21.5 Å². The average molecular weight is 631 g/mol. The number of fused-ring (bicyclic) bond motifs is 2. The normalized spacial score (nSPS) is 20.4. The Morgan fingerprint density at radius 2 is 1.73 bits per heavy atom. The molecule has 3 N–H and O–H groups in total. The number of amides is 3. The highest BCUT2D eigenvalue weighted by atomic mass is 32.1. The van der Waals surface area contributed by atoms with E-state index < -0.39 is 29.2 Å². The van der Waals surface area contributed by atoms with Gasteiger partial charge in [-0.3, -0.25) is 24.3 Å². The van der Waals surface area contributed by atoms with E-state index in [0.717, 1.165) is 21.4 Å². The van der Waals surface area contributed by atoms with Crippen LogP contribution in [0, 0.1) is 5.92 Å². The Bertz CT molecular complexity index is 1860. The van der Waals surface area contributed by atoms with Gasteiger partial charge < -0.3 is 15.4 Å². The maximum Gasteiger partial charge on any atom is 0.413 e. The molecule has 0 radical (unpaired) electrons. The Hall–Kier alpha value is -4.72. The van der Waals surface area contributed by atoms with Gasteiger partial charge in [-0.25, -0.2) is 24.7 Å². The largest absolute Gasteiger partial charge is 0.444 e. The number of anilines is 2. The van der Waals surface area contributed by atoms with Crippen molar-refractivity contribution >= 4 is 50.8 Å². The first-order valence-electron chi connectivity index (χ1n) is 14.8. The quantitative estimate of drug-likeness (QED) is 0.261. The molecule has 3 amide bonds. The summed E-state index contributed by atoms with van der Waals surface area (Å²) in [6, 6.07) is 2.88. The molecule has 6 rings (SSSR count). The first-order chi connectivity index (χ1) is 21.4. The molecule has 13 nitrogen and oxygen atoms in total. The number of thiophene rings is 1. The van der Waals surface area contributed by atoms with Gasteiger partial charge in [-0.15, -0.1) is 11.3 Å². The van der Waals surface area contributed by atoms with Crippen molar-refractivity contribution < 1.29 is 19.1 Å². The van der Waals surface area contributed by atoms with Gasteiger partial charge in [0.05, 0.1) is 18.3 Å². The monoisotopic (exact) mass is 630 g/mol. The summed E-state index contributed by atoms with van der Waals surface area (Å²) in [5.41, 5.74) is -0.929. The molecule has 2 aliphatic rings. The highest BCUT2D eigenvalue weighted by Gasteiger charge is 2.37. The zero-order valence-electron chi connectivity index (χ0n) is 25.6. The molecule has 4 atom stereocenters. The van der Waals surface area contributed by atoms with Crippen molar-refractivity contribution in [2.75, 3.05) is 10.6 Å². The number of hydrogen-bond acceptors (Lipinski definition) is 10. The van der Waals surface area contributed by atoms with Crippen LogP contribution in [0.3, 0.4) is 0 Å². The van der Waals surface area contributed by atoms with Crippen molar-refractivity contribution in [1.82, 2.24) is 29.8 Å². The van der Waals surface area contributed by atoms with Gasteiger partial charge >= 0.3 is 6.09 Å². The van der Waals surface area contributed by atoms with E-state index in [2.05, 4.69) is 42.8 Å². The first kappa shape index (κ1) is 30.3. The van der Waals surface area contributed by atoms with E-state index in [4.69, 9.17) is 4.74 Å². The van der Waals surface area contributed by atoms with Crippen LogP contribution in [0.15, 0.2) is 41.7 Å². The molecule has 0 bridgehead atoms. The maximum atomic E-state index is 13.5. The van der Waals surface area contributed by atoms with E-state index in [-0.39, 0.29) is 29.6 Å². The van der Waals surface area contributed by atoms with E-state index in [1.165, 1.54) is 34.5 Å². The maximum absolute atomic E-state index is 13.5. The molecule has 14 heteroatoms. The predicted octanol–water partition coefficient (Wildman–Crippen LogP) is 4.73. The molecule has 0 aromatic carbocycles. The molecule has 1 fully saturated rings. The number of nitrogens with zero attached hydrogens (tertiary/aromatic N) is 5. The Morgan fingerprint density at radius 1 is 1.00 bits per heavy atom. The Morgan fingerprint density at radius 3 is 2.42 bits per heavy atom. The molecule has 4 aromatic heterocycles. The summed E-state index contributed by atoms with van der Waals surface area (Å²) >= 11 is 1.45. The van der Waals surface area contributed by atoms with Crippen molar-refractivity contribution in [2.24, 2.45) is 5.92 Å². The summed E-state index contributed by atoms with van der Waals surface area (Å²) in [6.07, 6.45) is 6.74. The summed E-state index contributed by atoms with van der Waals surface area (Å²) in [5.74, 6) is 1.45. The molecular formula is C31H34N8O5S. The predicted molar refractivity (Wildman–Crippen MR) is 168 cm³/mol. The number of ether oxygens (including phenoxy) is 1. The second-order valence-electron chi connectivity index (χ2n) is 12.6. The topological polar surface area (TPSA) is 170 Å². The molecule has 45 heavy (non-hydrogen) atoms. The zero-order chi connectivity index (χ0) is 32.0. The van der Waals surface area contributed by atoms with Crippen LogP contribution >= 0.6 is 11.3 Å². The number of hydrogen-bond donors (Lipinski definition) is 3. The third kappa shape index (κ3) is 6.55. The van der Waals surface area contributed by atoms with Crippen molar-refractivity contribution in [2.45, 2.75) is 77.5 Å². The van der Waals surface area contributed by atoms with Gasteiger partial charge in [0.2, 0.25) is 5.91 Å². The lowest BCUT2D eigenvalue weighted by Gasteiger charge is -2.19. The van der Waals surface area contributed by atoms with Gasteiger partial charge in [0.15, 0.2) is 0 Å². The van der Waals surface area contributed by atoms with Crippen LogP contribution in [-0.2, 0) is 16.1 Å². The lowest BCUT2D eigenvalue weighted by molar-refractivity contribution is -0.124. The van der Waals surface area contributed by atoms with Gasteiger partial charge in [-0.05, 0) is 51.7 Å². The van der Waals surface area contributed by atoms with Crippen LogP contribution in [0.4, 0.5) is 16.3 Å². The molecule has 1 saturated carbocycles. The van der Waals surface area contributed by atoms with Crippen LogP contribution in [0.25, 0.3) is 10.1 Å². The first-order valence-corrected chi connectivity index (χ1v) is 15.6. The highest BCUT2D eigenvalue weighted by molar-refractivity contribution is 7.19. The van der Waals surface area contributed by atoms with Crippen molar-refractivity contribution in [3.05, 3.63) is 69.4 Å². The number of carbonyl (C=O) groups is 3. The van der Waals surface area contributed by atoms with E-state index >= 15 is 0 Å². The molecule has 5 heterocycles.